The standard InChI is InChI=1S/C13H11ClN4O/c1-8-16-12-10(6-15-17-12)13(19)18(8)7-9-4-2-3-5-11(9)14/h2-6H,7H2,1H3,(H,15,17). The van der Waals surface area contributed by atoms with E-state index in [1.54, 1.807) is 23.8 Å². The van der Waals surface area contributed by atoms with E-state index in [1.807, 2.05) is 18.2 Å². The number of aryl methyl sites for hydroxylation is 1. The van der Waals surface area contributed by atoms with Crippen molar-refractivity contribution in [2.75, 3.05) is 0 Å². The predicted octanol–water partition coefficient (Wildman–Crippen LogP) is 2.13. The number of fused-ring (bicyclic) bond motifs is 1. The maximum Gasteiger partial charge on any atom is 0.264 e. The molecule has 96 valence electrons. The minimum atomic E-state index is -0.115. The fraction of sp³-hybridized carbons (Fsp3) is 0.154. The molecule has 0 aliphatic carbocycles. The van der Waals surface area contributed by atoms with Crippen molar-refractivity contribution < 1.29 is 0 Å². The van der Waals surface area contributed by atoms with Crippen LogP contribution in [0, 0.1) is 6.92 Å². The molecule has 0 atom stereocenters. The Kier molecular flexibility index (Phi) is 2.83. The maximum absolute atomic E-state index is 12.3. The SMILES string of the molecule is Cc1nc2n[nH]cc2c(=O)n1Cc1ccccc1Cl. The van der Waals surface area contributed by atoms with Crippen LogP contribution in [-0.4, -0.2) is 19.7 Å². The van der Waals surface area contributed by atoms with Gasteiger partial charge < -0.3 is 0 Å². The van der Waals surface area contributed by atoms with Crippen LogP contribution in [0.5, 0.6) is 0 Å². The third-order valence-corrected chi connectivity index (χ3v) is 3.41. The van der Waals surface area contributed by atoms with Crippen LogP contribution in [-0.2, 0) is 6.54 Å². The van der Waals surface area contributed by atoms with Gasteiger partial charge in [0.25, 0.3) is 5.56 Å². The van der Waals surface area contributed by atoms with E-state index in [4.69, 9.17) is 11.6 Å². The van der Waals surface area contributed by atoms with Gasteiger partial charge in [-0.3, -0.25) is 14.5 Å². The van der Waals surface area contributed by atoms with E-state index in [2.05, 4.69) is 15.2 Å². The predicted molar refractivity (Wildman–Crippen MR) is 73.4 cm³/mol. The highest BCUT2D eigenvalue weighted by Crippen LogP contribution is 2.16. The Hall–Kier alpha value is -2.14. The molecular weight excluding hydrogens is 264 g/mol. The molecule has 0 amide bonds. The van der Waals surface area contributed by atoms with Gasteiger partial charge in [-0.1, -0.05) is 29.8 Å². The Morgan fingerprint density at radius 2 is 2.16 bits per heavy atom. The summed E-state index contributed by atoms with van der Waals surface area (Å²) in [7, 11) is 0. The number of rotatable bonds is 2. The molecule has 0 aliphatic heterocycles. The molecule has 2 aromatic heterocycles. The molecule has 1 N–H and O–H groups in total. The molecule has 0 fully saturated rings. The molecule has 0 spiro atoms. The van der Waals surface area contributed by atoms with Crippen molar-refractivity contribution in [3.8, 4) is 0 Å². The monoisotopic (exact) mass is 274 g/mol. The van der Waals surface area contributed by atoms with Crippen LogP contribution in [0.15, 0.2) is 35.3 Å². The Morgan fingerprint density at radius 1 is 1.37 bits per heavy atom. The lowest BCUT2D eigenvalue weighted by molar-refractivity contribution is 0.712. The quantitative estimate of drug-likeness (QED) is 0.779. The highest BCUT2D eigenvalue weighted by molar-refractivity contribution is 6.31. The van der Waals surface area contributed by atoms with Crippen molar-refractivity contribution in [1.82, 2.24) is 19.7 Å². The number of aromatic amines is 1. The number of hydrogen-bond donors (Lipinski definition) is 1. The molecule has 0 aliphatic rings. The van der Waals surface area contributed by atoms with Gasteiger partial charge in [0.05, 0.1) is 6.54 Å². The van der Waals surface area contributed by atoms with Gasteiger partial charge in [-0.2, -0.15) is 5.10 Å². The zero-order chi connectivity index (χ0) is 13.4. The summed E-state index contributed by atoms with van der Waals surface area (Å²) in [5, 5.41) is 7.71. The van der Waals surface area contributed by atoms with Crippen LogP contribution in [0.25, 0.3) is 11.0 Å². The molecule has 0 bridgehead atoms. The molecule has 3 aromatic rings. The van der Waals surface area contributed by atoms with Gasteiger partial charge in [0.2, 0.25) is 0 Å². The summed E-state index contributed by atoms with van der Waals surface area (Å²) in [5.41, 5.74) is 1.22. The molecule has 6 heteroatoms. The Bertz CT molecular complexity index is 806. The van der Waals surface area contributed by atoms with Crippen molar-refractivity contribution in [2.45, 2.75) is 13.5 Å². The first kappa shape index (κ1) is 11.9. The summed E-state index contributed by atoms with van der Waals surface area (Å²) in [6.07, 6.45) is 1.56. The smallest absolute Gasteiger partial charge is 0.264 e. The summed E-state index contributed by atoms with van der Waals surface area (Å²) < 4.78 is 1.60. The van der Waals surface area contributed by atoms with Gasteiger partial charge in [-0.05, 0) is 18.6 Å². The molecule has 0 saturated carbocycles. The van der Waals surface area contributed by atoms with E-state index < -0.39 is 0 Å². The summed E-state index contributed by atoms with van der Waals surface area (Å²) in [6, 6.07) is 7.46. The summed E-state index contributed by atoms with van der Waals surface area (Å²) in [5.74, 6) is 0.615. The number of hydrogen-bond acceptors (Lipinski definition) is 3. The van der Waals surface area contributed by atoms with Gasteiger partial charge in [-0.15, -0.1) is 0 Å². The zero-order valence-electron chi connectivity index (χ0n) is 10.2. The molecular formula is C13H11ClN4O. The van der Waals surface area contributed by atoms with Crippen molar-refractivity contribution in [2.24, 2.45) is 0 Å². The molecule has 2 heterocycles. The van der Waals surface area contributed by atoms with E-state index in [0.29, 0.717) is 28.4 Å². The van der Waals surface area contributed by atoms with Crippen molar-refractivity contribution >= 4 is 22.6 Å². The Balaban J connectivity index is 2.15. The van der Waals surface area contributed by atoms with Crippen LogP contribution in [0.2, 0.25) is 5.02 Å². The first-order valence-corrected chi connectivity index (χ1v) is 6.19. The second kappa shape index (κ2) is 4.51. The van der Waals surface area contributed by atoms with E-state index in [-0.39, 0.29) is 5.56 Å². The fourth-order valence-electron chi connectivity index (χ4n) is 2.01. The lowest BCUT2D eigenvalue weighted by atomic mass is 10.2. The van der Waals surface area contributed by atoms with Gasteiger partial charge >= 0.3 is 0 Å². The van der Waals surface area contributed by atoms with E-state index in [0.717, 1.165) is 5.56 Å². The van der Waals surface area contributed by atoms with Crippen molar-refractivity contribution in [3.63, 3.8) is 0 Å². The molecule has 3 rings (SSSR count). The van der Waals surface area contributed by atoms with Gasteiger partial charge in [0.1, 0.15) is 11.2 Å². The number of nitrogens with zero attached hydrogens (tertiary/aromatic N) is 3. The largest absolute Gasteiger partial charge is 0.292 e. The number of H-pyrrole nitrogens is 1. The number of aromatic nitrogens is 4. The minimum absolute atomic E-state index is 0.115. The Labute approximate surface area is 113 Å². The highest BCUT2D eigenvalue weighted by atomic mass is 35.5. The first-order valence-electron chi connectivity index (χ1n) is 5.81. The lowest BCUT2D eigenvalue weighted by Crippen LogP contribution is -2.24. The first-order chi connectivity index (χ1) is 9.16. The van der Waals surface area contributed by atoms with E-state index in [9.17, 15) is 4.79 Å². The van der Waals surface area contributed by atoms with Crippen LogP contribution >= 0.6 is 11.6 Å². The summed E-state index contributed by atoms with van der Waals surface area (Å²) in [4.78, 5) is 16.6. The fourth-order valence-corrected chi connectivity index (χ4v) is 2.21. The Morgan fingerprint density at radius 3 is 2.95 bits per heavy atom. The average molecular weight is 275 g/mol. The van der Waals surface area contributed by atoms with Gasteiger partial charge in [-0.25, -0.2) is 4.98 Å². The summed E-state index contributed by atoms with van der Waals surface area (Å²) in [6.45, 7) is 2.19. The topological polar surface area (TPSA) is 63.6 Å². The minimum Gasteiger partial charge on any atom is -0.292 e. The maximum atomic E-state index is 12.3. The summed E-state index contributed by atoms with van der Waals surface area (Å²) >= 11 is 6.12. The van der Waals surface area contributed by atoms with E-state index >= 15 is 0 Å². The van der Waals surface area contributed by atoms with Crippen LogP contribution < -0.4 is 5.56 Å². The van der Waals surface area contributed by atoms with Crippen molar-refractivity contribution in [1.29, 1.82) is 0 Å². The van der Waals surface area contributed by atoms with Crippen LogP contribution in [0.3, 0.4) is 0 Å². The average Bonchev–Trinajstić information content (AvgIpc) is 2.84. The normalized spacial score (nSPS) is 11.1. The zero-order valence-corrected chi connectivity index (χ0v) is 11.0. The number of nitrogens with one attached hydrogen (secondary N) is 1. The third kappa shape index (κ3) is 2.02. The second-order valence-electron chi connectivity index (χ2n) is 4.26. The highest BCUT2D eigenvalue weighted by Gasteiger charge is 2.11. The van der Waals surface area contributed by atoms with Crippen molar-refractivity contribution in [3.05, 3.63) is 57.2 Å². The molecule has 1 aromatic carbocycles. The molecule has 19 heavy (non-hydrogen) atoms. The number of benzene rings is 1. The van der Waals surface area contributed by atoms with Gasteiger partial charge in [0, 0.05) is 11.2 Å². The van der Waals surface area contributed by atoms with Gasteiger partial charge in [0.15, 0.2) is 5.65 Å². The number of halogens is 1. The van der Waals surface area contributed by atoms with E-state index in [1.165, 1.54) is 0 Å². The van der Waals surface area contributed by atoms with Crippen LogP contribution in [0.1, 0.15) is 11.4 Å². The lowest BCUT2D eigenvalue weighted by Gasteiger charge is -2.10. The molecule has 5 nitrogen and oxygen atoms in total. The molecule has 0 saturated heterocycles. The third-order valence-electron chi connectivity index (χ3n) is 3.04. The van der Waals surface area contributed by atoms with Crippen LogP contribution in [0.4, 0.5) is 0 Å². The molecule has 0 radical (unpaired) electrons. The molecule has 0 unspecified atom stereocenters. The second-order valence-corrected chi connectivity index (χ2v) is 4.67.